The maximum Gasteiger partial charge on any atom is 0.275 e. The third-order valence-electron chi connectivity index (χ3n) is 5.30. The van der Waals surface area contributed by atoms with Gasteiger partial charge in [-0.1, -0.05) is 35.5 Å². The Bertz CT molecular complexity index is 953. The Hall–Kier alpha value is -3.00. The van der Waals surface area contributed by atoms with Crippen LogP contribution in [0.1, 0.15) is 60.0 Å². The Kier molecular flexibility index (Phi) is 6.53. The summed E-state index contributed by atoms with van der Waals surface area (Å²) in [5.41, 5.74) is 1.59. The van der Waals surface area contributed by atoms with Crippen LogP contribution in [0.2, 0.25) is 0 Å². The summed E-state index contributed by atoms with van der Waals surface area (Å²) in [6.45, 7) is 4.46. The summed E-state index contributed by atoms with van der Waals surface area (Å²) in [4.78, 5) is 19.4. The van der Waals surface area contributed by atoms with Gasteiger partial charge in [0, 0.05) is 25.7 Å². The molecule has 1 saturated heterocycles. The van der Waals surface area contributed by atoms with Gasteiger partial charge in [-0.05, 0) is 37.8 Å². The maximum absolute atomic E-state index is 13.0. The molecule has 1 unspecified atom stereocenters. The predicted octanol–water partition coefficient (Wildman–Crippen LogP) is 3.41. The number of aryl methyl sites for hydroxylation is 1. The van der Waals surface area contributed by atoms with E-state index >= 15 is 0 Å². The van der Waals surface area contributed by atoms with Crippen LogP contribution in [-0.4, -0.2) is 43.9 Å². The number of hydrogen-bond donors (Lipinski definition) is 0. The van der Waals surface area contributed by atoms with Crippen molar-refractivity contribution in [2.45, 2.75) is 51.8 Å². The Morgan fingerprint density at radius 2 is 2.10 bits per heavy atom. The second-order valence-corrected chi connectivity index (χ2v) is 7.40. The summed E-state index contributed by atoms with van der Waals surface area (Å²) in [7, 11) is 0. The fourth-order valence-electron chi connectivity index (χ4n) is 3.66. The number of piperidine rings is 1. The number of aromatic nitrogens is 4. The van der Waals surface area contributed by atoms with Crippen LogP contribution < -0.4 is 0 Å². The van der Waals surface area contributed by atoms with Gasteiger partial charge in [0.1, 0.15) is 11.7 Å². The fraction of sp³-hybridized carbons (Fsp3) is 0.455. The van der Waals surface area contributed by atoms with Gasteiger partial charge in [-0.15, -0.1) is 0 Å². The smallest absolute Gasteiger partial charge is 0.275 e. The average molecular weight is 409 g/mol. The van der Waals surface area contributed by atoms with Crippen molar-refractivity contribution in [2.75, 3.05) is 13.2 Å². The first-order valence-corrected chi connectivity index (χ1v) is 10.5. The van der Waals surface area contributed by atoms with Gasteiger partial charge in [0.2, 0.25) is 5.89 Å². The van der Waals surface area contributed by atoms with Crippen molar-refractivity contribution in [2.24, 2.45) is 0 Å². The third-order valence-corrected chi connectivity index (χ3v) is 5.30. The minimum atomic E-state index is -0.204. The zero-order chi connectivity index (χ0) is 20.8. The lowest BCUT2D eigenvalue weighted by molar-refractivity contribution is 0.0554. The van der Waals surface area contributed by atoms with Crippen LogP contribution in [0.25, 0.3) is 0 Å². The molecule has 0 N–H and O–H groups in total. The first-order chi connectivity index (χ1) is 14.7. The quantitative estimate of drug-likeness (QED) is 0.530. The van der Waals surface area contributed by atoms with Gasteiger partial charge < -0.3 is 14.2 Å². The van der Waals surface area contributed by atoms with E-state index in [4.69, 9.17) is 9.26 Å². The number of benzene rings is 1. The van der Waals surface area contributed by atoms with Crippen molar-refractivity contribution in [1.29, 1.82) is 0 Å². The highest BCUT2D eigenvalue weighted by Gasteiger charge is 2.33. The fourth-order valence-corrected chi connectivity index (χ4v) is 3.66. The van der Waals surface area contributed by atoms with Gasteiger partial charge in [-0.25, -0.2) is 0 Å². The molecular weight excluding hydrogens is 382 g/mol. The number of nitrogens with zero attached hydrogens (tertiary/aromatic N) is 5. The van der Waals surface area contributed by atoms with E-state index in [9.17, 15) is 4.79 Å². The summed E-state index contributed by atoms with van der Waals surface area (Å²) in [6.07, 6.45) is 5.19. The molecule has 1 aromatic carbocycles. The maximum atomic E-state index is 13.0. The van der Waals surface area contributed by atoms with Crippen LogP contribution in [0.3, 0.4) is 0 Å². The van der Waals surface area contributed by atoms with Crippen molar-refractivity contribution in [3.8, 4) is 0 Å². The Balaban J connectivity index is 1.36. The molecule has 8 nitrogen and oxygen atoms in total. The molecule has 0 radical (unpaired) electrons. The van der Waals surface area contributed by atoms with E-state index in [0.29, 0.717) is 43.6 Å². The molecule has 0 saturated carbocycles. The van der Waals surface area contributed by atoms with E-state index in [1.165, 1.54) is 0 Å². The lowest BCUT2D eigenvalue weighted by Crippen LogP contribution is -2.39. The highest BCUT2D eigenvalue weighted by Crippen LogP contribution is 2.31. The number of carbonyl (C=O) groups excluding carboxylic acids is 1. The SMILES string of the molecule is CCn1ccc(C(=O)N2CCCCC2c2nc(CCOCc3ccccc3)no2)n1. The van der Waals surface area contributed by atoms with E-state index in [2.05, 4.69) is 15.2 Å². The number of amides is 1. The molecular formula is C22H27N5O3. The average Bonchev–Trinajstić information content (AvgIpc) is 3.47. The van der Waals surface area contributed by atoms with Crippen LogP contribution in [0.5, 0.6) is 0 Å². The molecule has 1 amide bonds. The highest BCUT2D eigenvalue weighted by molar-refractivity contribution is 5.92. The zero-order valence-electron chi connectivity index (χ0n) is 17.2. The molecule has 3 aromatic rings. The monoisotopic (exact) mass is 409 g/mol. The number of rotatable bonds is 8. The standard InChI is InChI=1S/C22H27N5O3/c1-2-26-14-11-18(24-26)22(28)27-13-7-6-10-19(27)21-23-20(25-30-21)12-15-29-16-17-8-4-3-5-9-17/h3-5,8-9,11,14,19H,2,6-7,10,12-13,15-16H2,1H3. The predicted molar refractivity (Wildman–Crippen MR) is 110 cm³/mol. The molecule has 3 heterocycles. The summed E-state index contributed by atoms with van der Waals surface area (Å²) < 4.78 is 13.0. The van der Waals surface area contributed by atoms with E-state index < -0.39 is 0 Å². The summed E-state index contributed by atoms with van der Waals surface area (Å²) in [6, 6.07) is 11.6. The number of carbonyl (C=O) groups is 1. The zero-order valence-corrected chi connectivity index (χ0v) is 17.2. The largest absolute Gasteiger partial charge is 0.376 e. The van der Waals surface area contributed by atoms with Crippen molar-refractivity contribution >= 4 is 5.91 Å². The van der Waals surface area contributed by atoms with Gasteiger partial charge >= 0.3 is 0 Å². The minimum Gasteiger partial charge on any atom is -0.376 e. The normalized spacial score (nSPS) is 16.7. The lowest BCUT2D eigenvalue weighted by Gasteiger charge is -2.32. The van der Waals surface area contributed by atoms with E-state index in [1.54, 1.807) is 10.7 Å². The van der Waals surface area contributed by atoms with Crippen LogP contribution in [0.4, 0.5) is 0 Å². The van der Waals surface area contributed by atoms with E-state index in [-0.39, 0.29) is 11.9 Å². The van der Waals surface area contributed by atoms with Crippen molar-refractivity contribution < 1.29 is 14.1 Å². The number of hydrogen-bond acceptors (Lipinski definition) is 6. The van der Waals surface area contributed by atoms with Crippen LogP contribution >= 0.6 is 0 Å². The second kappa shape index (κ2) is 9.67. The summed E-state index contributed by atoms with van der Waals surface area (Å²) in [5.74, 6) is 1.01. The topological polar surface area (TPSA) is 86.3 Å². The first-order valence-electron chi connectivity index (χ1n) is 10.5. The molecule has 0 bridgehead atoms. The Morgan fingerprint density at radius 1 is 1.23 bits per heavy atom. The van der Waals surface area contributed by atoms with Gasteiger partial charge in [-0.3, -0.25) is 9.48 Å². The van der Waals surface area contributed by atoms with Gasteiger partial charge in [0.15, 0.2) is 5.82 Å². The van der Waals surface area contributed by atoms with Crippen molar-refractivity contribution in [1.82, 2.24) is 24.8 Å². The molecule has 1 fully saturated rings. The van der Waals surface area contributed by atoms with Crippen LogP contribution in [-0.2, 0) is 24.3 Å². The molecule has 2 aromatic heterocycles. The molecule has 8 heteroatoms. The summed E-state index contributed by atoms with van der Waals surface area (Å²) in [5, 5.41) is 8.45. The highest BCUT2D eigenvalue weighted by atomic mass is 16.5. The summed E-state index contributed by atoms with van der Waals surface area (Å²) >= 11 is 0. The van der Waals surface area contributed by atoms with Crippen LogP contribution in [0, 0.1) is 0 Å². The Labute approximate surface area is 175 Å². The molecule has 4 rings (SSSR count). The van der Waals surface area contributed by atoms with Gasteiger partial charge in [0.05, 0.1) is 13.2 Å². The lowest BCUT2D eigenvalue weighted by atomic mass is 10.0. The number of ether oxygens (including phenoxy) is 1. The van der Waals surface area contributed by atoms with Crippen LogP contribution in [0.15, 0.2) is 47.1 Å². The molecule has 1 aliphatic rings. The van der Waals surface area contributed by atoms with E-state index in [1.807, 2.05) is 48.4 Å². The second-order valence-electron chi connectivity index (χ2n) is 7.40. The van der Waals surface area contributed by atoms with Crippen molar-refractivity contribution in [3.63, 3.8) is 0 Å². The number of likely N-dealkylation sites (tertiary alicyclic amines) is 1. The van der Waals surface area contributed by atoms with Gasteiger partial charge in [0.25, 0.3) is 5.91 Å². The molecule has 0 spiro atoms. The molecule has 1 aliphatic heterocycles. The van der Waals surface area contributed by atoms with E-state index in [0.717, 1.165) is 31.4 Å². The van der Waals surface area contributed by atoms with Crippen molar-refractivity contribution in [3.05, 3.63) is 65.6 Å². The molecule has 1 atom stereocenters. The molecule has 0 aliphatic carbocycles. The van der Waals surface area contributed by atoms with Gasteiger partial charge in [-0.2, -0.15) is 10.1 Å². The molecule has 30 heavy (non-hydrogen) atoms. The molecule has 158 valence electrons. The third kappa shape index (κ3) is 4.76. The minimum absolute atomic E-state index is 0.0853. The first kappa shape index (κ1) is 20.3. The Morgan fingerprint density at radius 3 is 2.90 bits per heavy atom.